The molecule has 1 aromatic rings. The minimum atomic E-state index is -0.0472. The molecular formula is C12H14ClN3O3S. The van der Waals surface area contributed by atoms with E-state index in [0.29, 0.717) is 24.5 Å². The number of carbonyl (C=O) groups is 2. The lowest BCUT2D eigenvalue weighted by Gasteiger charge is -2.17. The number of hydrogen-bond acceptors (Lipinski definition) is 6. The fraction of sp³-hybridized carbons (Fsp3) is 0.500. The molecule has 6 nitrogen and oxygen atoms in total. The van der Waals surface area contributed by atoms with Crippen molar-refractivity contribution in [3.05, 3.63) is 11.3 Å². The molecule has 1 aromatic heterocycles. The van der Waals surface area contributed by atoms with E-state index in [9.17, 15) is 9.59 Å². The molecule has 1 unspecified atom stereocenters. The first-order chi connectivity index (χ1) is 9.51. The maximum Gasteiger partial charge on any atom is 0.259 e. The van der Waals surface area contributed by atoms with E-state index in [1.54, 1.807) is 0 Å². The van der Waals surface area contributed by atoms with E-state index in [1.165, 1.54) is 36.9 Å². The van der Waals surface area contributed by atoms with Crippen LogP contribution in [0.4, 0.5) is 5.82 Å². The Morgan fingerprint density at radius 3 is 3.05 bits per heavy atom. The zero-order valence-corrected chi connectivity index (χ0v) is 12.7. The van der Waals surface area contributed by atoms with Crippen LogP contribution in [-0.4, -0.2) is 40.4 Å². The van der Waals surface area contributed by atoms with Crippen LogP contribution in [0.2, 0.25) is 5.15 Å². The summed E-state index contributed by atoms with van der Waals surface area (Å²) in [5, 5.41) is 0.265. The van der Waals surface area contributed by atoms with Crippen LogP contribution in [0.15, 0.2) is 6.20 Å². The molecule has 0 radical (unpaired) electrons. The number of nitrogens with zero attached hydrogens (tertiary/aromatic N) is 3. The summed E-state index contributed by atoms with van der Waals surface area (Å²) in [6.07, 6.45) is 1.78. The molecule has 0 aromatic carbocycles. The summed E-state index contributed by atoms with van der Waals surface area (Å²) in [7, 11) is 1.45. The van der Waals surface area contributed by atoms with E-state index in [0.717, 1.165) is 0 Å². The van der Waals surface area contributed by atoms with E-state index in [-0.39, 0.29) is 28.0 Å². The number of hydrogen-bond donors (Lipinski definition) is 0. The first-order valence-electron chi connectivity index (χ1n) is 6.01. The Morgan fingerprint density at radius 2 is 2.40 bits per heavy atom. The number of thioether (sulfide) groups is 1. The average Bonchev–Trinajstić information content (AvgIpc) is 2.77. The Morgan fingerprint density at radius 1 is 1.65 bits per heavy atom. The second-order valence-electron chi connectivity index (χ2n) is 4.40. The van der Waals surface area contributed by atoms with Crippen LogP contribution in [-0.2, 0) is 9.59 Å². The van der Waals surface area contributed by atoms with E-state index in [4.69, 9.17) is 16.3 Å². The van der Waals surface area contributed by atoms with Crippen molar-refractivity contribution in [3.63, 3.8) is 0 Å². The molecule has 2 rings (SSSR count). The molecule has 0 bridgehead atoms. The highest BCUT2D eigenvalue weighted by Crippen LogP contribution is 2.31. The highest BCUT2D eigenvalue weighted by Gasteiger charge is 2.33. The number of halogens is 1. The lowest BCUT2D eigenvalue weighted by atomic mass is 10.1. The van der Waals surface area contributed by atoms with Crippen molar-refractivity contribution in [3.8, 4) is 5.88 Å². The number of carbonyl (C=O) groups excluding carboxylic acids is 2. The number of rotatable bonds is 4. The molecule has 0 N–H and O–H groups in total. The van der Waals surface area contributed by atoms with Gasteiger partial charge in [-0.15, -0.1) is 0 Å². The molecule has 1 aliphatic rings. The Balaban J connectivity index is 2.13. The normalized spacial score (nSPS) is 18.4. The molecule has 1 amide bonds. The monoisotopic (exact) mass is 315 g/mol. The van der Waals surface area contributed by atoms with Crippen LogP contribution < -0.4 is 9.64 Å². The summed E-state index contributed by atoms with van der Waals surface area (Å²) in [6, 6.07) is 0. The zero-order chi connectivity index (χ0) is 14.7. The first kappa shape index (κ1) is 15.1. The third-order valence-electron chi connectivity index (χ3n) is 2.87. The van der Waals surface area contributed by atoms with Crippen molar-refractivity contribution in [2.24, 2.45) is 5.92 Å². The van der Waals surface area contributed by atoms with Gasteiger partial charge in [-0.3, -0.25) is 14.5 Å². The van der Waals surface area contributed by atoms with Crippen LogP contribution >= 0.6 is 23.4 Å². The lowest BCUT2D eigenvalue weighted by molar-refractivity contribution is -0.117. The van der Waals surface area contributed by atoms with E-state index >= 15 is 0 Å². The van der Waals surface area contributed by atoms with Gasteiger partial charge in [-0.25, -0.2) is 4.98 Å². The standard InChI is InChI=1S/C12H14ClN3O3S/c1-7(17)20-6-8-3-10(18)16(5-8)11-12(19-2)15-9(13)4-14-11/h4,8H,3,5-6H2,1-2H3. The van der Waals surface area contributed by atoms with Crippen molar-refractivity contribution >= 4 is 40.2 Å². The molecule has 20 heavy (non-hydrogen) atoms. The summed E-state index contributed by atoms with van der Waals surface area (Å²) < 4.78 is 5.11. The molecule has 0 spiro atoms. The molecule has 1 aliphatic heterocycles. The van der Waals surface area contributed by atoms with Gasteiger partial charge in [0.25, 0.3) is 5.88 Å². The summed E-state index contributed by atoms with van der Waals surface area (Å²) >= 11 is 6.99. The summed E-state index contributed by atoms with van der Waals surface area (Å²) in [5.74, 6) is 1.30. The Labute approximate surface area is 125 Å². The number of amides is 1. The molecule has 1 fully saturated rings. The maximum atomic E-state index is 12.1. The van der Waals surface area contributed by atoms with Gasteiger partial charge in [0.15, 0.2) is 16.1 Å². The van der Waals surface area contributed by atoms with Crippen LogP contribution in [0.1, 0.15) is 13.3 Å². The first-order valence-corrected chi connectivity index (χ1v) is 7.38. The summed E-state index contributed by atoms with van der Waals surface area (Å²) in [5.41, 5.74) is 0. The van der Waals surface area contributed by atoms with Gasteiger partial charge in [0.1, 0.15) is 0 Å². The topological polar surface area (TPSA) is 72.4 Å². The zero-order valence-electron chi connectivity index (χ0n) is 11.1. The van der Waals surface area contributed by atoms with Crippen LogP contribution in [0.5, 0.6) is 5.88 Å². The fourth-order valence-electron chi connectivity index (χ4n) is 2.00. The summed E-state index contributed by atoms with van der Waals surface area (Å²) in [4.78, 5) is 32.7. The van der Waals surface area contributed by atoms with Gasteiger partial charge < -0.3 is 4.74 Å². The highest BCUT2D eigenvalue weighted by molar-refractivity contribution is 8.13. The van der Waals surface area contributed by atoms with Crippen LogP contribution in [0, 0.1) is 5.92 Å². The quantitative estimate of drug-likeness (QED) is 0.843. The Hall–Kier alpha value is -1.34. The smallest absolute Gasteiger partial charge is 0.259 e. The third kappa shape index (κ3) is 3.40. The van der Waals surface area contributed by atoms with Gasteiger partial charge >= 0.3 is 0 Å². The number of methoxy groups -OCH3 is 1. The minimum absolute atomic E-state index is 0.0472. The van der Waals surface area contributed by atoms with Gasteiger partial charge in [-0.05, 0) is 5.92 Å². The predicted octanol–water partition coefficient (Wildman–Crippen LogP) is 1.77. The van der Waals surface area contributed by atoms with Crippen LogP contribution in [0.3, 0.4) is 0 Å². The molecule has 0 saturated carbocycles. The number of anilines is 1. The predicted molar refractivity (Wildman–Crippen MR) is 77.2 cm³/mol. The molecular weight excluding hydrogens is 302 g/mol. The minimum Gasteiger partial charge on any atom is -0.478 e. The lowest BCUT2D eigenvalue weighted by Crippen LogP contribution is -2.26. The Kier molecular flexibility index (Phi) is 4.82. The molecule has 8 heteroatoms. The largest absolute Gasteiger partial charge is 0.478 e. The van der Waals surface area contributed by atoms with Gasteiger partial charge in [0.05, 0.1) is 13.3 Å². The van der Waals surface area contributed by atoms with Gasteiger partial charge in [0, 0.05) is 25.6 Å². The SMILES string of the molecule is COc1nc(Cl)cnc1N1CC(CSC(C)=O)CC1=O. The van der Waals surface area contributed by atoms with Gasteiger partial charge in [-0.1, -0.05) is 23.4 Å². The number of ether oxygens (including phenoxy) is 1. The van der Waals surface area contributed by atoms with Crippen molar-refractivity contribution in [1.29, 1.82) is 0 Å². The highest BCUT2D eigenvalue weighted by atomic mass is 35.5. The number of aromatic nitrogens is 2. The second kappa shape index (κ2) is 6.41. The molecule has 1 saturated heterocycles. The van der Waals surface area contributed by atoms with Crippen LogP contribution in [0.25, 0.3) is 0 Å². The maximum absolute atomic E-state index is 12.1. The fourth-order valence-corrected chi connectivity index (χ4v) is 2.82. The summed E-state index contributed by atoms with van der Waals surface area (Å²) in [6.45, 7) is 2.03. The van der Waals surface area contributed by atoms with E-state index < -0.39 is 0 Å². The molecule has 2 heterocycles. The average molecular weight is 316 g/mol. The van der Waals surface area contributed by atoms with Crippen molar-refractivity contribution in [2.45, 2.75) is 13.3 Å². The van der Waals surface area contributed by atoms with E-state index in [1.807, 2.05) is 0 Å². The van der Waals surface area contributed by atoms with Crippen molar-refractivity contribution < 1.29 is 14.3 Å². The second-order valence-corrected chi connectivity index (χ2v) is 5.99. The van der Waals surface area contributed by atoms with E-state index in [2.05, 4.69) is 9.97 Å². The van der Waals surface area contributed by atoms with Crippen molar-refractivity contribution in [2.75, 3.05) is 24.3 Å². The Bertz CT molecular complexity index is 541. The molecule has 0 aliphatic carbocycles. The molecule has 108 valence electrons. The molecule has 1 atom stereocenters. The van der Waals surface area contributed by atoms with Gasteiger partial charge in [0.2, 0.25) is 5.91 Å². The van der Waals surface area contributed by atoms with Crippen molar-refractivity contribution in [1.82, 2.24) is 9.97 Å². The van der Waals surface area contributed by atoms with Gasteiger partial charge in [-0.2, -0.15) is 4.98 Å². The third-order valence-corrected chi connectivity index (χ3v) is 4.10.